The molecule has 0 unspecified atom stereocenters. The Balaban J connectivity index is 4.45. The molecule has 0 heterocycles. The van der Waals surface area contributed by atoms with Crippen molar-refractivity contribution >= 4 is 17.9 Å². The summed E-state index contributed by atoms with van der Waals surface area (Å²) in [6.07, 6.45) is 0.0379. The number of primary amides is 1. The highest BCUT2D eigenvalue weighted by molar-refractivity contribution is 5.80. The first-order chi connectivity index (χ1) is 8.00. The van der Waals surface area contributed by atoms with Crippen LogP contribution < -0.4 is 16.4 Å². The van der Waals surface area contributed by atoms with Crippen LogP contribution in [0.15, 0.2) is 0 Å². The van der Waals surface area contributed by atoms with Gasteiger partial charge in [-0.3, -0.25) is 9.59 Å². The van der Waals surface area contributed by atoms with Crippen molar-refractivity contribution in [1.29, 1.82) is 0 Å². The van der Waals surface area contributed by atoms with Crippen LogP contribution in [0.2, 0.25) is 0 Å². The van der Waals surface area contributed by atoms with Gasteiger partial charge in [0.05, 0.1) is 11.0 Å². The number of rotatable bonds is 6. The first-order valence-electron chi connectivity index (χ1n) is 5.58. The number of urea groups is 1. The lowest BCUT2D eigenvalue weighted by molar-refractivity contribution is -0.150. The van der Waals surface area contributed by atoms with Gasteiger partial charge in [0.25, 0.3) is 0 Å². The number of hydrogen-bond donors (Lipinski definition) is 4. The van der Waals surface area contributed by atoms with E-state index in [1.54, 1.807) is 13.8 Å². The Hall–Kier alpha value is -1.79. The van der Waals surface area contributed by atoms with Gasteiger partial charge in [-0.2, -0.15) is 0 Å². The van der Waals surface area contributed by atoms with Crippen molar-refractivity contribution in [3.63, 3.8) is 0 Å². The third kappa shape index (κ3) is 4.23. The molecule has 7 nitrogen and oxygen atoms in total. The number of amides is 3. The van der Waals surface area contributed by atoms with Gasteiger partial charge in [-0.1, -0.05) is 0 Å². The molecule has 0 saturated carbocycles. The number of carbonyl (C=O) groups excluding carboxylic acids is 2. The monoisotopic (exact) mass is 259 g/mol. The largest absolute Gasteiger partial charge is 0.481 e. The predicted molar refractivity (Wildman–Crippen MR) is 65.8 cm³/mol. The van der Waals surface area contributed by atoms with E-state index in [9.17, 15) is 14.4 Å². The second-order valence-corrected chi connectivity index (χ2v) is 5.15. The first kappa shape index (κ1) is 16.2. The average Bonchev–Trinajstić information content (AvgIpc) is 2.15. The summed E-state index contributed by atoms with van der Waals surface area (Å²) >= 11 is 0. The van der Waals surface area contributed by atoms with Gasteiger partial charge in [0, 0.05) is 13.0 Å². The Kier molecular flexibility index (Phi) is 5.13. The van der Waals surface area contributed by atoms with Crippen molar-refractivity contribution in [3.8, 4) is 0 Å². The lowest BCUT2D eigenvalue weighted by Crippen LogP contribution is -2.59. The lowest BCUT2D eigenvalue weighted by Gasteiger charge is -2.38. The Morgan fingerprint density at radius 2 is 1.67 bits per heavy atom. The zero-order chi connectivity index (χ0) is 14.6. The fourth-order valence-electron chi connectivity index (χ4n) is 1.05. The van der Waals surface area contributed by atoms with Crippen LogP contribution in [0.3, 0.4) is 0 Å². The summed E-state index contributed by atoms with van der Waals surface area (Å²) < 4.78 is 0. The highest BCUT2D eigenvalue weighted by Crippen LogP contribution is 2.30. The normalized spacial score (nSPS) is 11.8. The third-order valence-corrected chi connectivity index (χ3v) is 3.18. The van der Waals surface area contributed by atoms with Gasteiger partial charge in [-0.15, -0.1) is 0 Å². The van der Waals surface area contributed by atoms with Gasteiger partial charge in [-0.05, 0) is 27.7 Å². The summed E-state index contributed by atoms with van der Waals surface area (Å²) in [6.45, 7) is 6.41. The number of aliphatic carboxylic acids is 1. The van der Waals surface area contributed by atoms with Crippen LogP contribution in [-0.4, -0.2) is 35.1 Å². The van der Waals surface area contributed by atoms with E-state index in [1.807, 2.05) is 0 Å². The first-order valence-corrected chi connectivity index (χ1v) is 5.58. The maximum Gasteiger partial charge on any atom is 0.315 e. The van der Waals surface area contributed by atoms with E-state index in [1.165, 1.54) is 13.8 Å². The SMILES string of the molecule is CC(C)(NC(=O)NCCC(N)=O)C(C)(C)C(=O)O. The Labute approximate surface area is 106 Å². The molecule has 0 atom stereocenters. The molecule has 104 valence electrons. The molecule has 0 fully saturated rings. The van der Waals surface area contributed by atoms with E-state index in [0.29, 0.717) is 0 Å². The number of carboxylic acid groups (broad SMARTS) is 1. The summed E-state index contributed by atoms with van der Waals surface area (Å²) in [5, 5.41) is 14.1. The average molecular weight is 259 g/mol. The van der Waals surface area contributed by atoms with Gasteiger partial charge in [0.2, 0.25) is 5.91 Å². The van der Waals surface area contributed by atoms with Gasteiger partial charge >= 0.3 is 12.0 Å². The predicted octanol–water partition coefficient (Wildman–Crippen LogP) is 0.0504. The zero-order valence-electron chi connectivity index (χ0n) is 11.2. The molecule has 0 aromatic carbocycles. The van der Waals surface area contributed by atoms with Gasteiger partial charge in [0.1, 0.15) is 0 Å². The molecule has 0 aliphatic carbocycles. The summed E-state index contributed by atoms with van der Waals surface area (Å²) in [5.41, 5.74) is 2.85. The van der Waals surface area contributed by atoms with E-state index < -0.39 is 28.9 Å². The molecule has 0 bridgehead atoms. The molecule has 3 amide bonds. The summed E-state index contributed by atoms with van der Waals surface area (Å²) in [4.78, 5) is 33.1. The second-order valence-electron chi connectivity index (χ2n) is 5.15. The number of carbonyl (C=O) groups is 3. The van der Waals surface area contributed by atoms with Crippen molar-refractivity contribution in [2.24, 2.45) is 11.1 Å². The molecular formula is C11H21N3O4. The van der Waals surface area contributed by atoms with Crippen LogP contribution >= 0.6 is 0 Å². The smallest absolute Gasteiger partial charge is 0.315 e. The molecule has 0 aliphatic heterocycles. The minimum atomic E-state index is -1.13. The Morgan fingerprint density at radius 1 is 1.17 bits per heavy atom. The second kappa shape index (κ2) is 5.70. The number of carboxylic acids is 1. The van der Waals surface area contributed by atoms with Crippen molar-refractivity contribution < 1.29 is 19.5 Å². The van der Waals surface area contributed by atoms with Crippen LogP contribution in [0.25, 0.3) is 0 Å². The number of nitrogens with two attached hydrogens (primary N) is 1. The third-order valence-electron chi connectivity index (χ3n) is 3.18. The fraction of sp³-hybridized carbons (Fsp3) is 0.727. The molecule has 5 N–H and O–H groups in total. The van der Waals surface area contributed by atoms with Crippen LogP contribution in [0.1, 0.15) is 34.1 Å². The molecule has 18 heavy (non-hydrogen) atoms. The van der Waals surface area contributed by atoms with E-state index in [2.05, 4.69) is 10.6 Å². The topological polar surface area (TPSA) is 122 Å². The molecule has 7 heteroatoms. The molecular weight excluding hydrogens is 238 g/mol. The van der Waals surface area contributed by atoms with Crippen LogP contribution in [-0.2, 0) is 9.59 Å². The van der Waals surface area contributed by atoms with Crippen LogP contribution in [0, 0.1) is 5.41 Å². The molecule has 0 radical (unpaired) electrons. The van der Waals surface area contributed by atoms with E-state index in [-0.39, 0.29) is 13.0 Å². The van der Waals surface area contributed by atoms with Crippen molar-refractivity contribution in [3.05, 3.63) is 0 Å². The number of hydrogen-bond acceptors (Lipinski definition) is 3. The van der Waals surface area contributed by atoms with E-state index in [4.69, 9.17) is 10.8 Å². The highest BCUT2D eigenvalue weighted by Gasteiger charge is 2.44. The molecule has 0 aromatic heterocycles. The summed E-state index contributed by atoms with van der Waals surface area (Å²) in [5.74, 6) is -1.52. The fourth-order valence-corrected chi connectivity index (χ4v) is 1.05. The van der Waals surface area contributed by atoms with Crippen LogP contribution in [0.4, 0.5) is 4.79 Å². The van der Waals surface area contributed by atoms with Crippen molar-refractivity contribution in [2.45, 2.75) is 39.7 Å². The molecule has 0 spiro atoms. The maximum atomic E-state index is 11.5. The highest BCUT2D eigenvalue weighted by atomic mass is 16.4. The number of nitrogens with one attached hydrogen (secondary N) is 2. The van der Waals surface area contributed by atoms with E-state index in [0.717, 1.165) is 0 Å². The minimum Gasteiger partial charge on any atom is -0.481 e. The molecule has 0 aromatic rings. The van der Waals surface area contributed by atoms with Crippen LogP contribution in [0.5, 0.6) is 0 Å². The standard InChI is InChI=1S/C11H21N3O4/c1-10(2,8(16)17)11(3,4)14-9(18)13-6-5-7(12)15/h5-6H2,1-4H3,(H2,12,15)(H,16,17)(H2,13,14,18). The Bertz CT molecular complexity index is 350. The van der Waals surface area contributed by atoms with Crippen molar-refractivity contribution in [1.82, 2.24) is 10.6 Å². The zero-order valence-corrected chi connectivity index (χ0v) is 11.2. The minimum absolute atomic E-state index is 0.0379. The quantitative estimate of drug-likeness (QED) is 0.538. The maximum absolute atomic E-state index is 11.5. The molecule has 0 aliphatic rings. The van der Waals surface area contributed by atoms with Gasteiger partial charge < -0.3 is 21.5 Å². The molecule has 0 saturated heterocycles. The van der Waals surface area contributed by atoms with Gasteiger partial charge in [-0.25, -0.2) is 4.79 Å². The van der Waals surface area contributed by atoms with Crippen molar-refractivity contribution in [2.75, 3.05) is 6.54 Å². The lowest BCUT2D eigenvalue weighted by atomic mass is 9.74. The summed E-state index contributed by atoms with van der Waals surface area (Å²) in [6, 6.07) is -0.532. The Morgan fingerprint density at radius 3 is 2.06 bits per heavy atom. The molecule has 0 rings (SSSR count). The summed E-state index contributed by atoms with van der Waals surface area (Å²) in [7, 11) is 0. The van der Waals surface area contributed by atoms with E-state index >= 15 is 0 Å². The van der Waals surface area contributed by atoms with Gasteiger partial charge in [0.15, 0.2) is 0 Å².